The summed E-state index contributed by atoms with van der Waals surface area (Å²) in [5.74, 6) is -0.102. The monoisotopic (exact) mass is 294 g/mol. The highest BCUT2D eigenvalue weighted by Crippen LogP contribution is 2.16. The topological polar surface area (TPSA) is 26.3 Å². The Kier molecular flexibility index (Phi) is 4.97. The lowest BCUT2D eigenvalue weighted by Crippen LogP contribution is -2.09. The molecule has 0 aliphatic heterocycles. The van der Waals surface area contributed by atoms with Crippen molar-refractivity contribution in [3.8, 4) is 0 Å². The number of carbonyl (C=O) groups is 1. The van der Waals surface area contributed by atoms with Gasteiger partial charge in [-0.15, -0.1) is 0 Å². The van der Waals surface area contributed by atoms with Crippen LogP contribution in [0.4, 0.5) is 0 Å². The molecule has 0 saturated heterocycles. The molecule has 2 nitrogen and oxygen atoms in total. The van der Waals surface area contributed by atoms with E-state index in [2.05, 4.69) is 0 Å². The quantitative estimate of drug-likeness (QED) is 0.764. The fourth-order valence-corrected chi connectivity index (χ4v) is 1.99. The molecule has 2 aromatic carbocycles. The number of benzene rings is 2. The molecule has 98 valence electrons. The molecule has 2 aromatic rings. The number of Topliss-reactive ketones (excluding diaryl/α,β-unsaturated/α-hetero) is 1. The molecule has 0 fully saturated rings. The zero-order chi connectivity index (χ0) is 13.7. The summed E-state index contributed by atoms with van der Waals surface area (Å²) >= 11 is 11.8. The van der Waals surface area contributed by atoms with Gasteiger partial charge in [0.2, 0.25) is 0 Å². The molecule has 4 heteroatoms. The van der Waals surface area contributed by atoms with Crippen molar-refractivity contribution in [2.24, 2.45) is 0 Å². The maximum absolute atomic E-state index is 11.9. The third kappa shape index (κ3) is 4.06. The molecule has 0 radical (unpaired) electrons. The van der Waals surface area contributed by atoms with Crippen molar-refractivity contribution in [1.82, 2.24) is 0 Å². The van der Waals surface area contributed by atoms with E-state index in [-0.39, 0.29) is 12.4 Å². The molecule has 0 aliphatic rings. The summed E-state index contributed by atoms with van der Waals surface area (Å²) in [5.41, 5.74) is 1.41. The van der Waals surface area contributed by atoms with Gasteiger partial charge in [0, 0.05) is 15.6 Å². The van der Waals surface area contributed by atoms with Crippen LogP contribution in [-0.4, -0.2) is 12.4 Å². The van der Waals surface area contributed by atoms with Crippen LogP contribution in [0.2, 0.25) is 10.0 Å². The Morgan fingerprint density at radius 3 is 2.58 bits per heavy atom. The van der Waals surface area contributed by atoms with Crippen molar-refractivity contribution < 1.29 is 9.53 Å². The molecule has 0 bridgehead atoms. The first-order chi connectivity index (χ1) is 9.16. The Morgan fingerprint density at radius 2 is 1.84 bits per heavy atom. The van der Waals surface area contributed by atoms with Gasteiger partial charge in [-0.25, -0.2) is 0 Å². The molecule has 0 aliphatic carbocycles. The normalized spacial score (nSPS) is 10.4. The van der Waals surface area contributed by atoms with Crippen LogP contribution >= 0.6 is 23.2 Å². The molecule has 0 spiro atoms. The molecule has 0 atom stereocenters. The molecule has 0 saturated carbocycles. The molecule has 2 rings (SSSR count). The number of ketones is 1. The van der Waals surface area contributed by atoms with Crippen LogP contribution in [0.15, 0.2) is 48.5 Å². The Morgan fingerprint density at radius 1 is 1.05 bits per heavy atom. The van der Waals surface area contributed by atoms with E-state index in [9.17, 15) is 4.79 Å². The summed E-state index contributed by atoms with van der Waals surface area (Å²) in [7, 11) is 0. The minimum absolute atomic E-state index is 0.00552. The van der Waals surface area contributed by atoms with Crippen LogP contribution in [-0.2, 0) is 11.3 Å². The molecule has 0 N–H and O–H groups in total. The lowest BCUT2D eigenvalue weighted by atomic mass is 10.1. The van der Waals surface area contributed by atoms with Crippen LogP contribution in [0.5, 0.6) is 0 Å². The second kappa shape index (κ2) is 6.71. The van der Waals surface area contributed by atoms with Gasteiger partial charge < -0.3 is 4.74 Å². The van der Waals surface area contributed by atoms with Crippen molar-refractivity contribution in [2.75, 3.05) is 6.61 Å². The van der Waals surface area contributed by atoms with E-state index in [1.807, 2.05) is 18.2 Å². The van der Waals surface area contributed by atoms with E-state index in [1.54, 1.807) is 30.3 Å². The zero-order valence-electron chi connectivity index (χ0n) is 10.1. The highest BCUT2D eigenvalue weighted by atomic mass is 35.5. The molecule has 19 heavy (non-hydrogen) atoms. The Bertz CT molecular complexity index is 582. The molecule has 0 heterocycles. The van der Waals surface area contributed by atoms with Gasteiger partial charge in [-0.2, -0.15) is 0 Å². The van der Waals surface area contributed by atoms with E-state index >= 15 is 0 Å². The van der Waals surface area contributed by atoms with Gasteiger partial charge in [0.05, 0.1) is 6.61 Å². The fraction of sp³-hybridized carbons (Fsp3) is 0.133. The number of ether oxygens (including phenoxy) is 1. The molecular formula is C15H12Cl2O2. The van der Waals surface area contributed by atoms with E-state index in [1.165, 1.54) is 0 Å². The Hall–Kier alpha value is -1.35. The first kappa shape index (κ1) is 14.1. The number of rotatable bonds is 5. The van der Waals surface area contributed by atoms with Gasteiger partial charge in [0.25, 0.3) is 0 Å². The maximum atomic E-state index is 11.9. The summed E-state index contributed by atoms with van der Waals surface area (Å²) in [6.45, 7) is 0.317. The highest BCUT2D eigenvalue weighted by molar-refractivity contribution is 6.31. The number of carbonyl (C=O) groups excluding carboxylic acids is 1. The minimum Gasteiger partial charge on any atom is -0.369 e. The number of hydrogen-bond donors (Lipinski definition) is 0. The molecule has 0 unspecified atom stereocenters. The summed E-state index contributed by atoms with van der Waals surface area (Å²) in [4.78, 5) is 11.9. The largest absolute Gasteiger partial charge is 0.369 e. The van der Waals surface area contributed by atoms with Crippen LogP contribution in [0, 0.1) is 0 Å². The summed E-state index contributed by atoms with van der Waals surface area (Å²) in [6, 6.07) is 14.2. The standard InChI is InChI=1S/C15H12Cl2O2/c16-13-6-3-5-11(8-13)15(18)10-19-9-12-4-1-2-7-14(12)17/h1-8H,9-10H2. The van der Waals surface area contributed by atoms with Crippen molar-refractivity contribution in [3.05, 3.63) is 69.7 Å². The average Bonchev–Trinajstić information content (AvgIpc) is 2.41. The molecule has 0 amide bonds. The van der Waals surface area contributed by atoms with E-state index in [0.29, 0.717) is 22.2 Å². The predicted molar refractivity (Wildman–Crippen MR) is 76.9 cm³/mol. The van der Waals surface area contributed by atoms with Gasteiger partial charge in [-0.05, 0) is 23.8 Å². The smallest absolute Gasteiger partial charge is 0.188 e. The molecular weight excluding hydrogens is 283 g/mol. The van der Waals surface area contributed by atoms with Crippen molar-refractivity contribution >= 4 is 29.0 Å². The third-order valence-corrected chi connectivity index (χ3v) is 3.20. The lowest BCUT2D eigenvalue weighted by molar-refractivity contribution is 0.0726. The second-order valence-electron chi connectivity index (χ2n) is 4.02. The summed E-state index contributed by atoms with van der Waals surface area (Å²) < 4.78 is 5.38. The van der Waals surface area contributed by atoms with Crippen LogP contribution in [0.25, 0.3) is 0 Å². The van der Waals surface area contributed by atoms with Crippen LogP contribution in [0.3, 0.4) is 0 Å². The number of halogens is 2. The average molecular weight is 295 g/mol. The van der Waals surface area contributed by atoms with Crippen molar-refractivity contribution in [2.45, 2.75) is 6.61 Å². The minimum atomic E-state index is -0.102. The SMILES string of the molecule is O=C(COCc1ccccc1Cl)c1cccc(Cl)c1. The third-order valence-electron chi connectivity index (χ3n) is 2.60. The van der Waals surface area contributed by atoms with E-state index in [4.69, 9.17) is 27.9 Å². The summed E-state index contributed by atoms with van der Waals surface area (Å²) in [5, 5.41) is 1.18. The van der Waals surface area contributed by atoms with Crippen molar-refractivity contribution in [3.63, 3.8) is 0 Å². The van der Waals surface area contributed by atoms with Gasteiger partial charge in [0.15, 0.2) is 5.78 Å². The summed E-state index contributed by atoms with van der Waals surface area (Å²) in [6.07, 6.45) is 0. The second-order valence-corrected chi connectivity index (χ2v) is 4.86. The fourth-order valence-electron chi connectivity index (χ4n) is 1.61. The predicted octanol–water partition coefficient (Wildman–Crippen LogP) is 4.39. The van der Waals surface area contributed by atoms with Gasteiger partial charge in [-0.1, -0.05) is 53.5 Å². The zero-order valence-corrected chi connectivity index (χ0v) is 11.6. The van der Waals surface area contributed by atoms with Gasteiger partial charge in [0.1, 0.15) is 6.61 Å². The van der Waals surface area contributed by atoms with E-state index in [0.717, 1.165) is 5.56 Å². The highest BCUT2D eigenvalue weighted by Gasteiger charge is 2.07. The Balaban J connectivity index is 1.90. The van der Waals surface area contributed by atoms with Crippen LogP contribution in [0.1, 0.15) is 15.9 Å². The van der Waals surface area contributed by atoms with Gasteiger partial charge >= 0.3 is 0 Å². The maximum Gasteiger partial charge on any atom is 0.188 e. The first-order valence-electron chi connectivity index (χ1n) is 5.77. The van der Waals surface area contributed by atoms with Crippen molar-refractivity contribution in [1.29, 1.82) is 0 Å². The number of hydrogen-bond acceptors (Lipinski definition) is 2. The molecule has 0 aromatic heterocycles. The first-order valence-corrected chi connectivity index (χ1v) is 6.52. The lowest BCUT2D eigenvalue weighted by Gasteiger charge is -2.06. The van der Waals surface area contributed by atoms with E-state index < -0.39 is 0 Å². The Labute approximate surface area is 121 Å². The van der Waals surface area contributed by atoms with Gasteiger partial charge in [-0.3, -0.25) is 4.79 Å². The van der Waals surface area contributed by atoms with Crippen LogP contribution < -0.4 is 0 Å².